The molecule has 1 unspecified atom stereocenters. The molecule has 29 heavy (non-hydrogen) atoms. The smallest absolute Gasteiger partial charge is 0.263 e. The number of unbranched alkanes of at least 4 members (excludes halogenated alkanes) is 2. The second kappa shape index (κ2) is 11.2. The average Bonchev–Trinajstić information content (AvgIpc) is 3.43. The van der Waals surface area contributed by atoms with E-state index < -0.39 is 0 Å². The Hall–Kier alpha value is -2.92. The van der Waals surface area contributed by atoms with Gasteiger partial charge in [-0.1, -0.05) is 18.9 Å². The normalized spacial score (nSPS) is 16.4. The van der Waals surface area contributed by atoms with Crippen LogP contribution >= 0.6 is 11.3 Å². The molecule has 0 radical (unpaired) electrons. The number of anilines is 1. The van der Waals surface area contributed by atoms with Crippen LogP contribution in [0.15, 0.2) is 47.0 Å². The first-order valence-electron chi connectivity index (χ1n) is 9.96. The van der Waals surface area contributed by atoms with Gasteiger partial charge in [-0.05, 0) is 48.8 Å². The van der Waals surface area contributed by atoms with Crippen LogP contribution in [0.5, 0.6) is 0 Å². The van der Waals surface area contributed by atoms with E-state index in [9.17, 15) is 4.79 Å². The van der Waals surface area contributed by atoms with Gasteiger partial charge < -0.3 is 15.5 Å². The first kappa shape index (κ1) is 20.8. The summed E-state index contributed by atoms with van der Waals surface area (Å²) >= 11 is 1.52. The van der Waals surface area contributed by atoms with Gasteiger partial charge in [-0.2, -0.15) is 5.26 Å². The van der Waals surface area contributed by atoms with Crippen molar-refractivity contribution in [1.29, 1.82) is 5.26 Å². The first-order valence-corrected chi connectivity index (χ1v) is 10.8. The lowest BCUT2D eigenvalue weighted by molar-refractivity contribution is 0.0791. The Labute approximate surface area is 175 Å². The highest BCUT2D eigenvalue weighted by molar-refractivity contribution is 7.12. The number of hydrogen-bond donors (Lipinski definition) is 2. The molecule has 1 amide bonds. The topological polar surface area (TPSA) is 93.4 Å². The fourth-order valence-corrected chi connectivity index (χ4v) is 4.17. The number of likely N-dealkylation sites (tertiary alicyclic amines) is 1. The molecule has 2 N–H and O–H groups in total. The summed E-state index contributed by atoms with van der Waals surface area (Å²) in [5.74, 6) is 1.24. The van der Waals surface area contributed by atoms with Gasteiger partial charge in [0.25, 0.3) is 5.91 Å². The number of rotatable bonds is 8. The highest BCUT2D eigenvalue weighted by Gasteiger charge is 2.26. The molecule has 0 aliphatic carbocycles. The van der Waals surface area contributed by atoms with E-state index >= 15 is 0 Å². The number of nitrogens with zero attached hydrogens (tertiary/aromatic N) is 4. The molecular weight excluding hydrogens is 384 g/mol. The molecule has 0 bridgehead atoms. The fourth-order valence-electron chi connectivity index (χ4n) is 3.48. The van der Waals surface area contributed by atoms with E-state index in [0.717, 1.165) is 62.3 Å². The lowest BCUT2D eigenvalue weighted by Crippen LogP contribution is -2.31. The largest absolute Gasteiger partial charge is 0.355 e. The Morgan fingerprint density at radius 2 is 2.17 bits per heavy atom. The summed E-state index contributed by atoms with van der Waals surface area (Å²) < 4.78 is 0. The van der Waals surface area contributed by atoms with Crippen LogP contribution in [0, 0.1) is 17.4 Å². The third-order valence-electron chi connectivity index (χ3n) is 4.99. The molecular formula is C21H26N6OS. The second-order valence-electron chi connectivity index (χ2n) is 7.08. The van der Waals surface area contributed by atoms with Crippen LogP contribution in [0.2, 0.25) is 0 Å². The molecule has 2 aromatic heterocycles. The van der Waals surface area contributed by atoms with Crippen LogP contribution in [-0.4, -0.2) is 41.4 Å². The third kappa shape index (κ3) is 6.57. The number of nitrogens with one attached hydrogen (secondary N) is 2. The predicted octanol–water partition coefficient (Wildman–Crippen LogP) is 3.70. The maximum Gasteiger partial charge on any atom is 0.263 e. The van der Waals surface area contributed by atoms with Crippen molar-refractivity contribution in [2.75, 3.05) is 25.0 Å². The van der Waals surface area contributed by atoms with E-state index in [4.69, 9.17) is 5.26 Å². The van der Waals surface area contributed by atoms with Crippen LogP contribution in [0.1, 0.15) is 41.8 Å². The summed E-state index contributed by atoms with van der Waals surface area (Å²) in [4.78, 5) is 23.0. The number of nitriles is 1. The first-order chi connectivity index (χ1) is 14.3. The Balaban J connectivity index is 1.29. The van der Waals surface area contributed by atoms with Crippen LogP contribution in [-0.2, 0) is 0 Å². The number of guanidine groups is 1. The van der Waals surface area contributed by atoms with E-state index in [2.05, 4.69) is 20.6 Å². The standard InChI is InChI=1S/C21H26N6OS/c22-16-25-21(26-18-7-11-23-12-8-18)24-10-3-1-2-5-17-9-13-27(15-17)20(28)19-6-4-14-29-19/h4,6-8,11-12,14,17H,1-3,5,9-10,13,15H2,(H2,23,24,25,26). The number of aromatic nitrogens is 1. The van der Waals surface area contributed by atoms with Crippen molar-refractivity contribution in [2.45, 2.75) is 32.1 Å². The number of thiophene rings is 1. The summed E-state index contributed by atoms with van der Waals surface area (Å²) in [5.41, 5.74) is 0.837. The molecule has 1 aliphatic heterocycles. The Morgan fingerprint density at radius 3 is 2.93 bits per heavy atom. The van der Waals surface area contributed by atoms with Crippen molar-refractivity contribution in [1.82, 2.24) is 15.2 Å². The lowest BCUT2D eigenvalue weighted by atomic mass is 10.0. The molecule has 1 aliphatic rings. The van der Waals surface area contributed by atoms with E-state index in [1.165, 1.54) is 11.3 Å². The van der Waals surface area contributed by atoms with Gasteiger partial charge in [0.2, 0.25) is 12.2 Å². The zero-order chi connectivity index (χ0) is 20.3. The number of hydrogen-bond acceptors (Lipinski definition) is 5. The third-order valence-corrected chi connectivity index (χ3v) is 5.85. The van der Waals surface area contributed by atoms with Gasteiger partial charge in [0.15, 0.2) is 0 Å². The molecule has 3 heterocycles. The molecule has 0 saturated carbocycles. The van der Waals surface area contributed by atoms with Crippen LogP contribution in [0.25, 0.3) is 0 Å². The van der Waals surface area contributed by atoms with Gasteiger partial charge in [-0.15, -0.1) is 16.3 Å². The van der Waals surface area contributed by atoms with Crippen molar-refractivity contribution in [3.63, 3.8) is 0 Å². The van der Waals surface area contributed by atoms with Crippen molar-refractivity contribution >= 4 is 28.9 Å². The molecule has 0 aromatic carbocycles. The summed E-state index contributed by atoms with van der Waals surface area (Å²) in [7, 11) is 0. The molecule has 1 fully saturated rings. The summed E-state index contributed by atoms with van der Waals surface area (Å²) in [6, 6.07) is 7.48. The van der Waals surface area contributed by atoms with Gasteiger partial charge >= 0.3 is 0 Å². The number of pyridine rings is 1. The number of aliphatic imine (C=N–C) groups is 1. The van der Waals surface area contributed by atoms with Gasteiger partial charge in [-0.25, -0.2) is 0 Å². The SMILES string of the molecule is N#CN=C(NCCCCCC1CCN(C(=O)c2cccs2)C1)Nc1ccncc1. The van der Waals surface area contributed by atoms with Gasteiger partial charge in [0.1, 0.15) is 0 Å². The minimum absolute atomic E-state index is 0.178. The van der Waals surface area contributed by atoms with Gasteiger partial charge in [-0.3, -0.25) is 9.78 Å². The average molecular weight is 411 g/mol. The van der Waals surface area contributed by atoms with Gasteiger partial charge in [0.05, 0.1) is 4.88 Å². The molecule has 152 valence electrons. The number of carbonyl (C=O) groups is 1. The van der Waals surface area contributed by atoms with Crippen molar-refractivity contribution in [3.8, 4) is 6.19 Å². The Kier molecular flexibility index (Phi) is 8.01. The molecule has 1 saturated heterocycles. The van der Waals surface area contributed by atoms with E-state index in [-0.39, 0.29) is 5.91 Å². The lowest BCUT2D eigenvalue weighted by Gasteiger charge is -2.15. The quantitative estimate of drug-likeness (QED) is 0.299. The van der Waals surface area contributed by atoms with E-state index in [1.54, 1.807) is 12.4 Å². The van der Waals surface area contributed by atoms with Gasteiger partial charge in [0, 0.05) is 37.7 Å². The Morgan fingerprint density at radius 1 is 1.31 bits per heavy atom. The van der Waals surface area contributed by atoms with E-state index in [1.807, 2.05) is 40.7 Å². The molecule has 2 aromatic rings. The number of amides is 1. The summed E-state index contributed by atoms with van der Waals surface area (Å²) in [6.07, 6.45) is 10.7. The second-order valence-corrected chi connectivity index (χ2v) is 8.03. The van der Waals surface area contributed by atoms with Crippen LogP contribution in [0.4, 0.5) is 5.69 Å². The minimum Gasteiger partial charge on any atom is -0.355 e. The van der Waals surface area contributed by atoms with Crippen molar-refractivity contribution < 1.29 is 4.79 Å². The predicted molar refractivity (Wildman–Crippen MR) is 116 cm³/mol. The zero-order valence-electron chi connectivity index (χ0n) is 16.4. The molecule has 1 atom stereocenters. The zero-order valence-corrected chi connectivity index (χ0v) is 17.2. The van der Waals surface area contributed by atoms with Crippen LogP contribution in [0.3, 0.4) is 0 Å². The molecule has 8 heteroatoms. The highest BCUT2D eigenvalue weighted by Crippen LogP contribution is 2.24. The monoisotopic (exact) mass is 410 g/mol. The van der Waals surface area contributed by atoms with Crippen molar-refractivity contribution in [2.24, 2.45) is 10.9 Å². The summed E-state index contributed by atoms with van der Waals surface area (Å²) in [6.45, 7) is 2.51. The Bertz CT molecular complexity index is 831. The molecule has 7 nitrogen and oxygen atoms in total. The summed E-state index contributed by atoms with van der Waals surface area (Å²) in [5, 5.41) is 17.1. The number of carbonyl (C=O) groups excluding carboxylic acids is 1. The molecule has 3 rings (SSSR count). The van der Waals surface area contributed by atoms with Crippen molar-refractivity contribution in [3.05, 3.63) is 46.9 Å². The fraction of sp³-hybridized carbons (Fsp3) is 0.429. The van der Waals surface area contributed by atoms with Crippen LogP contribution < -0.4 is 10.6 Å². The maximum atomic E-state index is 12.4. The minimum atomic E-state index is 0.178. The highest BCUT2D eigenvalue weighted by atomic mass is 32.1. The maximum absolute atomic E-state index is 12.4. The molecule has 0 spiro atoms. The van der Waals surface area contributed by atoms with E-state index in [0.29, 0.717) is 11.9 Å².